The van der Waals surface area contributed by atoms with Crippen LogP contribution in [0.2, 0.25) is 0 Å². The monoisotopic (exact) mass is 214 g/mol. The second kappa shape index (κ2) is 4.18. The number of hydrogen-bond acceptors (Lipinski definition) is 3. The Kier molecular flexibility index (Phi) is 2.72. The Hall–Kier alpha value is -2.10. The Morgan fingerprint density at radius 3 is 3.06 bits per heavy atom. The van der Waals surface area contributed by atoms with Crippen LogP contribution in [0.1, 0.15) is 6.92 Å². The van der Waals surface area contributed by atoms with Gasteiger partial charge in [0.1, 0.15) is 5.76 Å². The van der Waals surface area contributed by atoms with Crippen molar-refractivity contribution in [1.82, 2.24) is 0 Å². The maximum absolute atomic E-state index is 9.63. The summed E-state index contributed by atoms with van der Waals surface area (Å²) in [6.07, 6.45) is 7.12. The van der Waals surface area contributed by atoms with Crippen LogP contribution < -0.4 is 0 Å². The number of allylic oxidation sites excluding steroid dienone is 2. The molecular weight excluding hydrogens is 204 g/mol. The molecule has 0 fully saturated rings. The van der Waals surface area contributed by atoms with Gasteiger partial charge in [-0.05, 0) is 30.9 Å². The van der Waals surface area contributed by atoms with E-state index >= 15 is 0 Å². The van der Waals surface area contributed by atoms with Crippen LogP contribution in [0.5, 0.6) is 0 Å². The van der Waals surface area contributed by atoms with Gasteiger partial charge in [0.2, 0.25) is 0 Å². The molecule has 2 heterocycles. The number of aliphatic hydroxyl groups is 1. The lowest BCUT2D eigenvalue weighted by Crippen LogP contribution is -2.37. The average Bonchev–Trinajstić information content (AvgIpc) is 2.84. The molecule has 2 atom stereocenters. The molecule has 0 aromatic rings. The average molecular weight is 214 g/mol. The largest absolute Gasteiger partial charge is 0.454 e. The molecule has 0 aliphatic carbocycles. The van der Waals surface area contributed by atoms with E-state index in [2.05, 4.69) is 23.7 Å². The summed E-state index contributed by atoms with van der Waals surface area (Å²) in [7, 11) is 0. The van der Waals surface area contributed by atoms with Gasteiger partial charge in [-0.3, -0.25) is 0 Å². The first kappa shape index (κ1) is 10.4. The zero-order valence-corrected chi connectivity index (χ0v) is 8.73. The highest BCUT2D eigenvalue weighted by atomic mass is 16.7. The number of aliphatic hydroxyl groups excluding tert-OH is 1. The van der Waals surface area contributed by atoms with Crippen molar-refractivity contribution in [3.63, 3.8) is 0 Å². The summed E-state index contributed by atoms with van der Waals surface area (Å²) >= 11 is 0. The molecule has 0 amide bonds. The molecule has 3 heteroatoms. The summed E-state index contributed by atoms with van der Waals surface area (Å²) in [5.41, 5.74) is 0. The van der Waals surface area contributed by atoms with Gasteiger partial charge in [-0.2, -0.15) is 0 Å². The normalized spacial score (nSPS) is 31.6. The van der Waals surface area contributed by atoms with E-state index < -0.39 is 11.9 Å². The third kappa shape index (κ3) is 1.82. The van der Waals surface area contributed by atoms with Crippen LogP contribution in [0.25, 0.3) is 0 Å². The van der Waals surface area contributed by atoms with Crippen LogP contribution in [0.3, 0.4) is 0 Å². The zero-order valence-electron chi connectivity index (χ0n) is 8.73. The first-order valence-electron chi connectivity index (χ1n) is 4.80. The molecule has 2 aliphatic rings. The minimum Gasteiger partial charge on any atom is -0.454 e. The van der Waals surface area contributed by atoms with E-state index in [1.165, 1.54) is 12.3 Å². The van der Waals surface area contributed by atoms with Crippen molar-refractivity contribution in [3.05, 3.63) is 36.3 Å². The van der Waals surface area contributed by atoms with Gasteiger partial charge in [0, 0.05) is 12.2 Å². The molecular formula is C13H10O3. The predicted octanol–water partition coefficient (Wildman–Crippen LogP) is 1.08. The Labute approximate surface area is 94.1 Å². The molecule has 1 N–H and O–H groups in total. The van der Waals surface area contributed by atoms with Gasteiger partial charge in [-0.15, -0.1) is 0 Å². The van der Waals surface area contributed by atoms with Gasteiger partial charge in [0.25, 0.3) is 0 Å². The minimum atomic E-state index is -1.09. The smallest absolute Gasteiger partial charge is 0.300 e. The van der Waals surface area contributed by atoms with E-state index in [9.17, 15) is 5.11 Å². The topological polar surface area (TPSA) is 38.7 Å². The summed E-state index contributed by atoms with van der Waals surface area (Å²) < 4.78 is 10.7. The van der Waals surface area contributed by atoms with Gasteiger partial charge in [0.15, 0.2) is 6.10 Å². The van der Waals surface area contributed by atoms with Gasteiger partial charge >= 0.3 is 5.79 Å². The molecule has 2 aliphatic heterocycles. The Balaban J connectivity index is 2.07. The molecule has 0 radical (unpaired) electrons. The zero-order chi connectivity index (χ0) is 11.4. The molecule has 0 saturated carbocycles. The summed E-state index contributed by atoms with van der Waals surface area (Å²) in [5.74, 6) is 10.1. The van der Waals surface area contributed by atoms with Crippen LogP contribution in [-0.4, -0.2) is 17.0 Å². The Bertz CT molecular complexity index is 491. The van der Waals surface area contributed by atoms with Crippen LogP contribution in [0.15, 0.2) is 36.3 Å². The molecule has 0 aromatic carbocycles. The first-order valence-corrected chi connectivity index (χ1v) is 4.80. The lowest BCUT2D eigenvalue weighted by Gasteiger charge is -2.24. The Morgan fingerprint density at radius 2 is 2.38 bits per heavy atom. The third-order valence-corrected chi connectivity index (χ3v) is 2.16. The number of rotatable bonds is 0. The summed E-state index contributed by atoms with van der Waals surface area (Å²) in [4.78, 5) is 0. The summed E-state index contributed by atoms with van der Waals surface area (Å²) in [6, 6.07) is 0. The fourth-order valence-corrected chi connectivity index (χ4v) is 1.38. The van der Waals surface area contributed by atoms with Crippen LogP contribution in [-0.2, 0) is 9.47 Å². The fourth-order valence-electron chi connectivity index (χ4n) is 1.38. The van der Waals surface area contributed by atoms with E-state index in [1.807, 2.05) is 0 Å². The van der Waals surface area contributed by atoms with E-state index in [-0.39, 0.29) is 0 Å². The summed E-state index contributed by atoms with van der Waals surface area (Å²) in [5, 5.41) is 9.63. The molecule has 2 rings (SSSR count). The molecule has 16 heavy (non-hydrogen) atoms. The third-order valence-electron chi connectivity index (χ3n) is 2.16. The van der Waals surface area contributed by atoms with Gasteiger partial charge in [-0.1, -0.05) is 11.8 Å². The molecule has 0 saturated heterocycles. The highest BCUT2D eigenvalue weighted by Crippen LogP contribution is 2.34. The highest BCUT2D eigenvalue weighted by Gasteiger charge is 2.45. The van der Waals surface area contributed by atoms with Crippen molar-refractivity contribution in [1.29, 1.82) is 0 Å². The first-order chi connectivity index (χ1) is 7.77. The van der Waals surface area contributed by atoms with Crippen molar-refractivity contribution in [2.24, 2.45) is 0 Å². The molecule has 0 bridgehead atoms. The molecule has 0 aromatic heterocycles. The maximum atomic E-state index is 9.63. The Morgan fingerprint density at radius 1 is 1.50 bits per heavy atom. The van der Waals surface area contributed by atoms with E-state index in [0.29, 0.717) is 5.76 Å². The number of hydrogen-bond donors (Lipinski definition) is 1. The molecule has 1 spiro atoms. The van der Waals surface area contributed by atoms with Crippen molar-refractivity contribution >= 4 is 0 Å². The second-order valence-electron chi connectivity index (χ2n) is 3.24. The van der Waals surface area contributed by atoms with E-state index in [4.69, 9.17) is 9.47 Å². The maximum Gasteiger partial charge on any atom is 0.300 e. The van der Waals surface area contributed by atoms with E-state index in [0.717, 1.165) is 0 Å². The fraction of sp³-hybridized carbons (Fsp3) is 0.231. The molecule has 2 unspecified atom stereocenters. The van der Waals surface area contributed by atoms with Crippen molar-refractivity contribution < 1.29 is 14.6 Å². The predicted molar refractivity (Wildman–Crippen MR) is 58.5 cm³/mol. The summed E-state index contributed by atoms with van der Waals surface area (Å²) in [6.45, 7) is 1.72. The lowest BCUT2D eigenvalue weighted by atomic mass is 10.1. The van der Waals surface area contributed by atoms with Gasteiger partial charge in [0.05, 0.1) is 6.26 Å². The SMILES string of the molecule is CC#CC#C/C=C1/C=CC2(OC=CC2O)O1. The second-order valence-corrected chi connectivity index (χ2v) is 3.24. The van der Waals surface area contributed by atoms with Crippen LogP contribution >= 0.6 is 0 Å². The lowest BCUT2D eigenvalue weighted by molar-refractivity contribution is -0.165. The minimum absolute atomic E-state index is 0.549. The highest BCUT2D eigenvalue weighted by molar-refractivity contribution is 5.36. The quantitative estimate of drug-likeness (QED) is 0.613. The standard InChI is InChI=1S/C13H10O3/c1-2-3-4-5-6-11-7-9-13(16-11)12(14)8-10-15-13/h6-10,12,14H,1H3/b11-6-. The van der Waals surface area contributed by atoms with Crippen LogP contribution in [0, 0.1) is 23.7 Å². The van der Waals surface area contributed by atoms with Crippen molar-refractivity contribution in [2.45, 2.75) is 18.8 Å². The van der Waals surface area contributed by atoms with Crippen LogP contribution in [0.4, 0.5) is 0 Å². The van der Waals surface area contributed by atoms with E-state index in [1.54, 1.807) is 25.2 Å². The van der Waals surface area contributed by atoms with Crippen molar-refractivity contribution in [2.75, 3.05) is 0 Å². The molecule has 3 nitrogen and oxygen atoms in total. The number of ether oxygens (including phenoxy) is 2. The molecule has 80 valence electrons. The van der Waals surface area contributed by atoms with Crippen molar-refractivity contribution in [3.8, 4) is 23.7 Å². The van der Waals surface area contributed by atoms with Gasteiger partial charge < -0.3 is 14.6 Å². The van der Waals surface area contributed by atoms with Gasteiger partial charge in [-0.25, -0.2) is 0 Å².